The van der Waals surface area contributed by atoms with Gasteiger partial charge in [-0.25, -0.2) is 0 Å². The third-order valence-electron chi connectivity index (χ3n) is 1.63. The van der Waals surface area contributed by atoms with E-state index in [0.717, 1.165) is 5.92 Å². The zero-order chi connectivity index (χ0) is 5.28. The van der Waals surface area contributed by atoms with E-state index in [2.05, 4.69) is 6.92 Å². The molecule has 0 amide bonds. The van der Waals surface area contributed by atoms with Gasteiger partial charge in [0.1, 0.15) is 0 Å². The Labute approximate surface area is 49.9 Å². The molecule has 1 aliphatic rings. The highest BCUT2D eigenvalue weighted by atomic mass is 35.5. The number of hydrogen-bond acceptors (Lipinski definition) is 0. The van der Waals surface area contributed by atoms with Crippen LogP contribution in [0.4, 0.5) is 0 Å². The molecule has 1 fully saturated rings. The molecule has 0 bridgehead atoms. The van der Waals surface area contributed by atoms with Crippen LogP contribution in [-0.2, 0) is 0 Å². The highest BCUT2D eigenvalue weighted by Crippen LogP contribution is 2.28. The van der Waals surface area contributed by atoms with Crippen molar-refractivity contribution in [2.45, 2.75) is 31.6 Å². The van der Waals surface area contributed by atoms with Gasteiger partial charge in [-0.05, 0) is 25.2 Å². The van der Waals surface area contributed by atoms with Crippen LogP contribution >= 0.6 is 11.6 Å². The van der Waals surface area contributed by atoms with Gasteiger partial charge in [-0.1, -0.05) is 6.92 Å². The van der Waals surface area contributed by atoms with Crippen LogP contribution in [0.5, 0.6) is 0 Å². The predicted octanol–water partition coefficient (Wildman–Crippen LogP) is 2.41. The van der Waals surface area contributed by atoms with Crippen molar-refractivity contribution in [2.24, 2.45) is 5.92 Å². The molecule has 0 aromatic carbocycles. The smallest absolute Gasteiger partial charge is 0.0338 e. The maximum atomic E-state index is 5.81. The van der Waals surface area contributed by atoms with Gasteiger partial charge in [0.05, 0.1) is 0 Å². The van der Waals surface area contributed by atoms with Crippen molar-refractivity contribution in [3.8, 4) is 0 Å². The molecule has 42 valence electrons. The Morgan fingerprint density at radius 2 is 2.14 bits per heavy atom. The van der Waals surface area contributed by atoms with E-state index in [0.29, 0.717) is 5.38 Å². The van der Waals surface area contributed by atoms with Crippen LogP contribution in [-0.4, -0.2) is 5.38 Å². The van der Waals surface area contributed by atoms with Gasteiger partial charge in [0.25, 0.3) is 0 Å². The lowest BCUT2D eigenvalue weighted by atomic mass is 10.2. The Morgan fingerprint density at radius 3 is 2.29 bits per heavy atom. The Balaban J connectivity index is 2.26. The Bertz CT molecular complexity index is 53.2. The molecule has 0 N–H and O–H groups in total. The second-order valence-corrected chi connectivity index (χ2v) is 3.13. The van der Waals surface area contributed by atoms with E-state index >= 15 is 0 Å². The third kappa shape index (κ3) is 1.34. The van der Waals surface area contributed by atoms with E-state index in [-0.39, 0.29) is 0 Å². The largest absolute Gasteiger partial charge is 0.123 e. The number of rotatable bonds is 0. The number of hydrogen-bond donors (Lipinski definition) is 0. The number of alkyl halides is 1. The second-order valence-electron chi connectivity index (χ2n) is 2.52. The average Bonchev–Trinajstić information content (AvgIpc) is 1.87. The summed E-state index contributed by atoms with van der Waals surface area (Å²) in [5, 5.41) is 0.495. The van der Waals surface area contributed by atoms with Gasteiger partial charge in [-0.15, -0.1) is 11.6 Å². The van der Waals surface area contributed by atoms with Crippen molar-refractivity contribution in [2.75, 3.05) is 0 Å². The van der Waals surface area contributed by atoms with Crippen LogP contribution in [0.2, 0.25) is 0 Å². The molecule has 0 aromatic rings. The summed E-state index contributed by atoms with van der Waals surface area (Å²) in [5.41, 5.74) is 0. The molecule has 0 aliphatic heterocycles. The van der Waals surface area contributed by atoms with Crippen LogP contribution in [0, 0.1) is 5.92 Å². The van der Waals surface area contributed by atoms with E-state index < -0.39 is 0 Å². The first-order chi connectivity index (χ1) is 3.29. The molecule has 7 heavy (non-hydrogen) atoms. The third-order valence-corrected chi connectivity index (χ3v) is 2.03. The first-order valence-corrected chi connectivity index (χ1v) is 3.36. The zero-order valence-electron chi connectivity index (χ0n) is 4.65. The fourth-order valence-corrected chi connectivity index (χ4v) is 1.57. The van der Waals surface area contributed by atoms with Gasteiger partial charge in [0.2, 0.25) is 0 Å². The molecular formula is C6H11Cl. The van der Waals surface area contributed by atoms with Crippen LogP contribution < -0.4 is 0 Å². The minimum absolute atomic E-state index is 0.495. The quantitative estimate of drug-likeness (QED) is 0.429. The van der Waals surface area contributed by atoms with E-state index in [4.69, 9.17) is 11.6 Å². The first-order valence-electron chi connectivity index (χ1n) is 2.93. The maximum absolute atomic E-state index is 5.81. The fourth-order valence-electron chi connectivity index (χ4n) is 1.14. The SMILES string of the molecule is CC1CC[C@@H](Cl)C1. The van der Waals surface area contributed by atoms with Crippen LogP contribution in [0.15, 0.2) is 0 Å². The van der Waals surface area contributed by atoms with Crippen molar-refractivity contribution in [1.82, 2.24) is 0 Å². The minimum Gasteiger partial charge on any atom is -0.123 e. The summed E-state index contributed by atoms with van der Waals surface area (Å²) in [6, 6.07) is 0. The van der Waals surface area contributed by atoms with Crippen molar-refractivity contribution in [3.63, 3.8) is 0 Å². The summed E-state index contributed by atoms with van der Waals surface area (Å²) in [5.74, 6) is 0.891. The molecular weight excluding hydrogens is 108 g/mol. The molecule has 1 aliphatic carbocycles. The Morgan fingerprint density at radius 1 is 1.43 bits per heavy atom. The monoisotopic (exact) mass is 118 g/mol. The molecule has 1 heteroatoms. The van der Waals surface area contributed by atoms with Gasteiger partial charge in [-0.3, -0.25) is 0 Å². The summed E-state index contributed by atoms with van der Waals surface area (Å²) in [7, 11) is 0. The van der Waals surface area contributed by atoms with Crippen LogP contribution in [0.1, 0.15) is 26.2 Å². The summed E-state index contributed by atoms with van der Waals surface area (Å²) >= 11 is 5.81. The molecule has 0 aromatic heterocycles. The van der Waals surface area contributed by atoms with Crippen molar-refractivity contribution in [1.29, 1.82) is 0 Å². The van der Waals surface area contributed by atoms with Gasteiger partial charge < -0.3 is 0 Å². The van der Waals surface area contributed by atoms with Crippen molar-refractivity contribution in [3.05, 3.63) is 0 Å². The maximum Gasteiger partial charge on any atom is 0.0338 e. The zero-order valence-corrected chi connectivity index (χ0v) is 5.41. The van der Waals surface area contributed by atoms with Gasteiger partial charge in [0, 0.05) is 5.38 Å². The molecule has 0 nitrogen and oxygen atoms in total. The van der Waals surface area contributed by atoms with Gasteiger partial charge in [0.15, 0.2) is 0 Å². The van der Waals surface area contributed by atoms with E-state index in [1.165, 1.54) is 19.3 Å². The molecule has 0 spiro atoms. The lowest BCUT2D eigenvalue weighted by Crippen LogP contribution is -1.87. The van der Waals surface area contributed by atoms with Gasteiger partial charge >= 0.3 is 0 Å². The lowest BCUT2D eigenvalue weighted by molar-refractivity contribution is 0.613. The normalized spacial score (nSPS) is 42.0. The van der Waals surface area contributed by atoms with E-state index in [1.807, 2.05) is 0 Å². The summed E-state index contributed by atoms with van der Waals surface area (Å²) in [6.45, 7) is 2.27. The van der Waals surface area contributed by atoms with E-state index in [1.54, 1.807) is 0 Å². The van der Waals surface area contributed by atoms with Crippen LogP contribution in [0.3, 0.4) is 0 Å². The van der Waals surface area contributed by atoms with E-state index in [9.17, 15) is 0 Å². The molecule has 1 saturated carbocycles. The predicted molar refractivity (Wildman–Crippen MR) is 32.7 cm³/mol. The highest BCUT2D eigenvalue weighted by molar-refractivity contribution is 6.20. The topological polar surface area (TPSA) is 0 Å². The molecule has 0 heterocycles. The standard InChI is InChI=1S/C6H11Cl/c1-5-2-3-6(7)4-5/h5-6H,2-4H2,1H3/t5?,6-/m1/s1. The molecule has 1 unspecified atom stereocenters. The van der Waals surface area contributed by atoms with Crippen molar-refractivity contribution >= 4 is 11.6 Å². The molecule has 2 atom stereocenters. The van der Waals surface area contributed by atoms with Crippen LogP contribution in [0.25, 0.3) is 0 Å². The summed E-state index contributed by atoms with van der Waals surface area (Å²) in [6.07, 6.45) is 3.82. The van der Waals surface area contributed by atoms with Crippen molar-refractivity contribution < 1.29 is 0 Å². The highest BCUT2D eigenvalue weighted by Gasteiger charge is 2.17. The molecule has 0 radical (unpaired) electrons. The molecule has 0 saturated heterocycles. The Hall–Kier alpha value is 0.290. The molecule has 1 rings (SSSR count). The lowest BCUT2D eigenvalue weighted by Gasteiger charge is -1.94. The first kappa shape index (κ1) is 5.43. The summed E-state index contributed by atoms with van der Waals surface area (Å²) < 4.78 is 0. The second kappa shape index (κ2) is 2.04. The average molecular weight is 119 g/mol. The minimum atomic E-state index is 0.495. The fraction of sp³-hybridized carbons (Fsp3) is 1.00. The summed E-state index contributed by atoms with van der Waals surface area (Å²) in [4.78, 5) is 0. The Kier molecular flexibility index (Phi) is 1.58. The van der Waals surface area contributed by atoms with Gasteiger partial charge in [-0.2, -0.15) is 0 Å². The number of halogens is 1.